The van der Waals surface area contributed by atoms with Gasteiger partial charge in [0.05, 0.1) is 11.6 Å². The van der Waals surface area contributed by atoms with E-state index >= 15 is 0 Å². The topological polar surface area (TPSA) is 67.4 Å². The monoisotopic (exact) mass is 287 g/mol. The third kappa shape index (κ3) is 3.19. The molecule has 1 fully saturated rings. The number of nitrogens with zero attached hydrogens (tertiary/aromatic N) is 5. The largest absolute Gasteiger partial charge is 0.369 e. The predicted molar refractivity (Wildman–Crippen MR) is 79.1 cm³/mol. The van der Waals surface area contributed by atoms with E-state index in [1.54, 1.807) is 4.68 Å². The molecular formula is C14H17N5O2. The molecule has 7 nitrogen and oxygen atoms in total. The molecule has 1 aromatic heterocycles. The number of hydrogen-bond acceptors (Lipinski definition) is 5. The van der Waals surface area contributed by atoms with Gasteiger partial charge in [-0.2, -0.15) is 5.10 Å². The number of rotatable bonds is 4. The highest BCUT2D eigenvalue weighted by molar-refractivity contribution is 5.46. The molecule has 0 radical (unpaired) electrons. The normalized spacial score (nSPS) is 16.1. The fourth-order valence-corrected chi connectivity index (χ4v) is 2.52. The Balaban J connectivity index is 1.55. The molecule has 0 amide bonds. The van der Waals surface area contributed by atoms with Crippen molar-refractivity contribution in [3.8, 4) is 0 Å². The summed E-state index contributed by atoms with van der Waals surface area (Å²) in [5.74, 6) is 0. The second-order valence-electron chi connectivity index (χ2n) is 5.08. The lowest BCUT2D eigenvalue weighted by Gasteiger charge is -2.35. The van der Waals surface area contributed by atoms with Crippen molar-refractivity contribution in [2.24, 2.45) is 0 Å². The van der Waals surface area contributed by atoms with Crippen LogP contribution in [0.15, 0.2) is 42.7 Å². The maximum atomic E-state index is 10.6. The number of para-hydroxylation sites is 1. The minimum absolute atomic E-state index is 0.0397. The van der Waals surface area contributed by atoms with E-state index in [0.29, 0.717) is 6.67 Å². The number of hydrogen-bond donors (Lipinski definition) is 0. The van der Waals surface area contributed by atoms with Crippen LogP contribution >= 0.6 is 0 Å². The molecule has 2 aromatic rings. The lowest BCUT2D eigenvalue weighted by atomic mass is 10.2. The molecule has 1 saturated heterocycles. The van der Waals surface area contributed by atoms with Crippen molar-refractivity contribution in [3.63, 3.8) is 0 Å². The lowest BCUT2D eigenvalue weighted by molar-refractivity contribution is -0.385. The van der Waals surface area contributed by atoms with Gasteiger partial charge >= 0.3 is 5.69 Å². The summed E-state index contributed by atoms with van der Waals surface area (Å²) in [7, 11) is 0. The molecule has 0 N–H and O–H groups in total. The highest BCUT2D eigenvalue weighted by atomic mass is 16.6. The van der Waals surface area contributed by atoms with Crippen molar-refractivity contribution in [1.82, 2.24) is 14.7 Å². The summed E-state index contributed by atoms with van der Waals surface area (Å²) in [5.41, 5.74) is 1.28. The highest BCUT2D eigenvalue weighted by Crippen LogP contribution is 2.16. The quantitative estimate of drug-likeness (QED) is 0.631. The van der Waals surface area contributed by atoms with Crippen molar-refractivity contribution >= 4 is 11.4 Å². The van der Waals surface area contributed by atoms with Gasteiger partial charge in [0.25, 0.3) is 0 Å². The van der Waals surface area contributed by atoms with E-state index in [2.05, 4.69) is 27.0 Å². The molecule has 1 aromatic carbocycles. The van der Waals surface area contributed by atoms with Gasteiger partial charge in [-0.1, -0.05) is 18.2 Å². The Hall–Kier alpha value is -2.41. The molecule has 0 unspecified atom stereocenters. The standard InChI is InChI=1S/C14H17N5O2/c20-19(21)14-10-15-18(11-14)12-16-6-8-17(9-7-16)13-4-2-1-3-5-13/h1-5,10-11H,6-9,12H2. The Labute approximate surface area is 122 Å². The van der Waals surface area contributed by atoms with Crippen LogP contribution in [0.1, 0.15) is 0 Å². The molecule has 3 rings (SSSR count). The van der Waals surface area contributed by atoms with Crippen LogP contribution in [0.25, 0.3) is 0 Å². The van der Waals surface area contributed by atoms with Crippen LogP contribution in [-0.4, -0.2) is 45.8 Å². The SMILES string of the molecule is O=[N+]([O-])c1cnn(CN2CCN(c3ccccc3)CC2)c1. The smallest absolute Gasteiger partial charge is 0.307 e. The van der Waals surface area contributed by atoms with Gasteiger partial charge < -0.3 is 4.90 Å². The van der Waals surface area contributed by atoms with E-state index < -0.39 is 4.92 Å². The van der Waals surface area contributed by atoms with E-state index in [1.165, 1.54) is 18.1 Å². The minimum atomic E-state index is -0.420. The van der Waals surface area contributed by atoms with Crippen molar-refractivity contribution < 1.29 is 4.92 Å². The maximum absolute atomic E-state index is 10.6. The summed E-state index contributed by atoms with van der Waals surface area (Å²) < 4.78 is 1.62. The van der Waals surface area contributed by atoms with Crippen LogP contribution in [0.4, 0.5) is 11.4 Å². The van der Waals surface area contributed by atoms with E-state index in [0.717, 1.165) is 26.2 Å². The van der Waals surface area contributed by atoms with E-state index in [4.69, 9.17) is 0 Å². The zero-order valence-corrected chi connectivity index (χ0v) is 11.6. The van der Waals surface area contributed by atoms with Crippen LogP contribution < -0.4 is 4.90 Å². The van der Waals surface area contributed by atoms with Crippen LogP contribution in [0.5, 0.6) is 0 Å². The Morgan fingerprint density at radius 1 is 1.14 bits per heavy atom. The highest BCUT2D eigenvalue weighted by Gasteiger charge is 2.18. The first kappa shape index (κ1) is 13.6. The molecule has 2 heterocycles. The van der Waals surface area contributed by atoms with E-state index in [-0.39, 0.29) is 5.69 Å². The van der Waals surface area contributed by atoms with Gasteiger partial charge in [0, 0.05) is 31.9 Å². The summed E-state index contributed by atoms with van der Waals surface area (Å²) in [4.78, 5) is 14.8. The van der Waals surface area contributed by atoms with Crippen molar-refractivity contribution in [1.29, 1.82) is 0 Å². The van der Waals surface area contributed by atoms with Crippen LogP contribution in [0, 0.1) is 10.1 Å². The van der Waals surface area contributed by atoms with E-state index in [9.17, 15) is 10.1 Å². The minimum Gasteiger partial charge on any atom is -0.369 e. The third-order valence-corrected chi connectivity index (χ3v) is 3.67. The first-order valence-corrected chi connectivity index (χ1v) is 6.91. The van der Waals surface area contributed by atoms with Gasteiger partial charge in [0.15, 0.2) is 0 Å². The summed E-state index contributed by atoms with van der Waals surface area (Å²) in [6.07, 6.45) is 2.77. The maximum Gasteiger partial charge on any atom is 0.307 e. The Kier molecular flexibility index (Phi) is 3.83. The number of piperazine rings is 1. The van der Waals surface area contributed by atoms with Crippen molar-refractivity contribution in [2.75, 3.05) is 31.1 Å². The Morgan fingerprint density at radius 2 is 1.86 bits per heavy atom. The lowest BCUT2D eigenvalue weighted by Crippen LogP contribution is -2.46. The summed E-state index contributed by atoms with van der Waals surface area (Å²) >= 11 is 0. The fraction of sp³-hybridized carbons (Fsp3) is 0.357. The number of benzene rings is 1. The first-order chi connectivity index (χ1) is 10.2. The van der Waals surface area contributed by atoms with Gasteiger partial charge in [-0.15, -0.1) is 0 Å². The van der Waals surface area contributed by atoms with Gasteiger partial charge in [-0.3, -0.25) is 19.7 Å². The average Bonchev–Trinajstić information content (AvgIpc) is 2.98. The zero-order valence-electron chi connectivity index (χ0n) is 11.6. The molecule has 7 heteroatoms. The van der Waals surface area contributed by atoms with Gasteiger partial charge in [0.2, 0.25) is 0 Å². The third-order valence-electron chi connectivity index (χ3n) is 3.67. The summed E-state index contributed by atoms with van der Waals surface area (Å²) in [6.45, 7) is 4.34. The Bertz CT molecular complexity index is 605. The van der Waals surface area contributed by atoms with Crippen LogP contribution in [0.3, 0.4) is 0 Å². The second-order valence-corrected chi connectivity index (χ2v) is 5.08. The number of nitro groups is 1. The van der Waals surface area contributed by atoms with Gasteiger partial charge in [-0.25, -0.2) is 0 Å². The molecule has 0 bridgehead atoms. The Morgan fingerprint density at radius 3 is 2.48 bits per heavy atom. The molecule has 21 heavy (non-hydrogen) atoms. The van der Waals surface area contributed by atoms with Gasteiger partial charge in [-0.05, 0) is 12.1 Å². The molecular weight excluding hydrogens is 270 g/mol. The predicted octanol–water partition coefficient (Wildman–Crippen LogP) is 1.57. The fourth-order valence-electron chi connectivity index (χ4n) is 2.52. The molecule has 1 aliphatic rings. The van der Waals surface area contributed by atoms with Crippen molar-refractivity contribution in [3.05, 3.63) is 52.8 Å². The average molecular weight is 287 g/mol. The molecule has 0 aliphatic carbocycles. The second kappa shape index (κ2) is 5.92. The molecule has 0 spiro atoms. The van der Waals surface area contributed by atoms with Crippen molar-refractivity contribution in [2.45, 2.75) is 6.67 Å². The van der Waals surface area contributed by atoms with E-state index in [1.807, 2.05) is 18.2 Å². The number of aromatic nitrogens is 2. The molecule has 0 atom stereocenters. The van der Waals surface area contributed by atoms with Crippen LogP contribution in [0.2, 0.25) is 0 Å². The number of anilines is 1. The van der Waals surface area contributed by atoms with Crippen LogP contribution in [-0.2, 0) is 6.67 Å². The molecule has 110 valence electrons. The molecule has 1 aliphatic heterocycles. The summed E-state index contributed by atoms with van der Waals surface area (Å²) in [6, 6.07) is 10.3. The zero-order chi connectivity index (χ0) is 14.7. The van der Waals surface area contributed by atoms with Gasteiger partial charge in [0.1, 0.15) is 12.4 Å². The summed E-state index contributed by atoms with van der Waals surface area (Å²) in [5, 5.41) is 14.7. The molecule has 0 saturated carbocycles. The first-order valence-electron chi connectivity index (χ1n) is 6.91.